The second-order valence-electron chi connectivity index (χ2n) is 5.18. The van der Waals surface area contributed by atoms with Gasteiger partial charge >= 0.3 is 0 Å². The zero-order valence-corrected chi connectivity index (χ0v) is 12.0. The smallest absolute Gasteiger partial charge is 0.170 e. The van der Waals surface area contributed by atoms with Crippen LogP contribution >= 0.6 is 11.6 Å². The van der Waals surface area contributed by atoms with E-state index in [2.05, 4.69) is 0 Å². The second-order valence-corrected chi connectivity index (χ2v) is 5.62. The molecular formula is C16H16ClNO2. The van der Waals surface area contributed by atoms with Gasteiger partial charge in [0.2, 0.25) is 0 Å². The summed E-state index contributed by atoms with van der Waals surface area (Å²) >= 11 is 5.94. The maximum Gasteiger partial charge on any atom is 0.170 e. The lowest BCUT2D eigenvalue weighted by molar-refractivity contribution is 0.0141. The summed E-state index contributed by atoms with van der Waals surface area (Å²) < 4.78 is 11.9. The van der Waals surface area contributed by atoms with Gasteiger partial charge in [-0.15, -0.1) is 0 Å². The van der Waals surface area contributed by atoms with E-state index in [1.807, 2.05) is 49.4 Å². The lowest BCUT2D eigenvalue weighted by Crippen LogP contribution is -2.48. The fourth-order valence-electron chi connectivity index (χ4n) is 2.20. The number of hydrogen-bond acceptors (Lipinski definition) is 3. The van der Waals surface area contributed by atoms with E-state index in [0.29, 0.717) is 18.2 Å². The molecule has 0 saturated heterocycles. The molecule has 3 rings (SSSR count). The molecular weight excluding hydrogens is 274 g/mol. The fourth-order valence-corrected chi connectivity index (χ4v) is 2.32. The molecule has 0 spiro atoms. The quantitative estimate of drug-likeness (QED) is 0.920. The molecule has 1 heterocycles. The number of nitrogens with two attached hydrogens (primary N) is 1. The van der Waals surface area contributed by atoms with Crippen molar-refractivity contribution in [2.75, 3.05) is 13.2 Å². The van der Waals surface area contributed by atoms with Gasteiger partial charge in [0, 0.05) is 17.1 Å². The zero-order valence-electron chi connectivity index (χ0n) is 11.2. The van der Waals surface area contributed by atoms with E-state index in [4.69, 9.17) is 26.8 Å². The molecule has 0 radical (unpaired) electrons. The molecule has 0 fully saturated rings. The topological polar surface area (TPSA) is 44.5 Å². The minimum Gasteiger partial charge on any atom is -0.485 e. The van der Waals surface area contributed by atoms with Gasteiger partial charge in [0.05, 0.1) is 0 Å². The SMILES string of the molecule is C[C@]1(CN)COc2cccc(-c3ccc(Cl)cc3)c2O1. The Morgan fingerprint density at radius 3 is 2.65 bits per heavy atom. The fraction of sp³-hybridized carbons (Fsp3) is 0.250. The third-order valence-corrected chi connectivity index (χ3v) is 3.70. The number of ether oxygens (including phenoxy) is 2. The molecule has 0 aromatic heterocycles. The summed E-state index contributed by atoms with van der Waals surface area (Å²) in [5.74, 6) is 1.50. The van der Waals surface area contributed by atoms with Crippen LogP contribution in [0.25, 0.3) is 11.1 Å². The molecule has 2 aromatic carbocycles. The van der Waals surface area contributed by atoms with Crippen LogP contribution in [-0.4, -0.2) is 18.8 Å². The highest BCUT2D eigenvalue weighted by Crippen LogP contribution is 2.42. The molecule has 1 atom stereocenters. The number of para-hydroxylation sites is 1. The first kappa shape index (κ1) is 13.3. The Morgan fingerprint density at radius 2 is 1.95 bits per heavy atom. The van der Waals surface area contributed by atoms with Gasteiger partial charge in [0.15, 0.2) is 17.1 Å². The van der Waals surface area contributed by atoms with Gasteiger partial charge in [-0.25, -0.2) is 0 Å². The van der Waals surface area contributed by atoms with Gasteiger partial charge < -0.3 is 15.2 Å². The molecule has 1 aliphatic heterocycles. The summed E-state index contributed by atoms with van der Waals surface area (Å²) in [6.07, 6.45) is 0. The third kappa shape index (κ3) is 2.35. The Hall–Kier alpha value is -1.71. The number of halogens is 1. The minimum absolute atomic E-state index is 0.404. The molecule has 0 amide bonds. The van der Waals surface area contributed by atoms with Crippen LogP contribution in [0.15, 0.2) is 42.5 Å². The van der Waals surface area contributed by atoms with Crippen molar-refractivity contribution in [3.05, 3.63) is 47.5 Å². The molecule has 1 aliphatic rings. The summed E-state index contributed by atoms with van der Waals surface area (Å²) in [6.45, 7) is 2.82. The van der Waals surface area contributed by atoms with Crippen LogP contribution in [0.1, 0.15) is 6.92 Å². The minimum atomic E-state index is -0.491. The van der Waals surface area contributed by atoms with Crippen molar-refractivity contribution >= 4 is 11.6 Å². The first-order valence-electron chi connectivity index (χ1n) is 6.52. The highest BCUT2D eigenvalue weighted by molar-refractivity contribution is 6.30. The number of benzene rings is 2. The normalized spacial score (nSPS) is 20.8. The van der Waals surface area contributed by atoms with Crippen molar-refractivity contribution < 1.29 is 9.47 Å². The number of rotatable bonds is 2. The summed E-state index contributed by atoms with van der Waals surface area (Å²) in [5.41, 5.74) is 7.31. The van der Waals surface area contributed by atoms with Crippen molar-refractivity contribution in [3.8, 4) is 22.6 Å². The van der Waals surface area contributed by atoms with E-state index >= 15 is 0 Å². The van der Waals surface area contributed by atoms with Crippen LogP contribution in [-0.2, 0) is 0 Å². The lowest BCUT2D eigenvalue weighted by atomic mass is 10.0. The molecule has 0 saturated carbocycles. The Balaban J connectivity index is 2.08. The first-order chi connectivity index (χ1) is 9.61. The molecule has 0 aliphatic carbocycles. The number of fused-ring (bicyclic) bond motifs is 1. The highest BCUT2D eigenvalue weighted by atomic mass is 35.5. The molecule has 4 heteroatoms. The van der Waals surface area contributed by atoms with Gasteiger partial charge in [-0.3, -0.25) is 0 Å². The summed E-state index contributed by atoms with van der Waals surface area (Å²) in [5, 5.41) is 0.711. The molecule has 0 unspecified atom stereocenters. The van der Waals surface area contributed by atoms with Gasteiger partial charge in [-0.05, 0) is 30.7 Å². The standard InChI is InChI=1S/C16H16ClNO2/c1-16(9-18)10-19-14-4-2-3-13(15(14)20-16)11-5-7-12(17)8-6-11/h2-8H,9-10,18H2,1H3/t16-/m0/s1. The van der Waals surface area contributed by atoms with Crippen molar-refractivity contribution in [2.24, 2.45) is 5.73 Å². The largest absolute Gasteiger partial charge is 0.485 e. The van der Waals surface area contributed by atoms with E-state index < -0.39 is 5.60 Å². The molecule has 0 bridgehead atoms. The Morgan fingerprint density at radius 1 is 1.20 bits per heavy atom. The van der Waals surface area contributed by atoms with Crippen molar-refractivity contribution in [2.45, 2.75) is 12.5 Å². The van der Waals surface area contributed by atoms with E-state index in [9.17, 15) is 0 Å². The maximum absolute atomic E-state index is 6.10. The summed E-state index contributed by atoms with van der Waals surface area (Å²) in [7, 11) is 0. The van der Waals surface area contributed by atoms with Crippen LogP contribution in [0.3, 0.4) is 0 Å². The van der Waals surface area contributed by atoms with Crippen LogP contribution in [0, 0.1) is 0 Å². The van der Waals surface area contributed by atoms with Crippen molar-refractivity contribution in [3.63, 3.8) is 0 Å². The van der Waals surface area contributed by atoms with Crippen LogP contribution in [0.5, 0.6) is 11.5 Å². The molecule has 3 nitrogen and oxygen atoms in total. The Bertz CT molecular complexity index is 627. The predicted molar refractivity (Wildman–Crippen MR) is 80.5 cm³/mol. The van der Waals surface area contributed by atoms with Crippen molar-refractivity contribution in [1.29, 1.82) is 0 Å². The summed E-state index contributed by atoms with van der Waals surface area (Å²) in [4.78, 5) is 0. The summed E-state index contributed by atoms with van der Waals surface area (Å²) in [6, 6.07) is 13.5. The monoisotopic (exact) mass is 289 g/mol. The van der Waals surface area contributed by atoms with Gasteiger partial charge in [0.25, 0.3) is 0 Å². The second kappa shape index (κ2) is 5.00. The van der Waals surface area contributed by atoms with E-state index in [-0.39, 0.29) is 0 Å². The number of hydrogen-bond donors (Lipinski definition) is 1. The van der Waals surface area contributed by atoms with Gasteiger partial charge in [0.1, 0.15) is 6.61 Å². The van der Waals surface area contributed by atoms with Gasteiger partial charge in [-0.2, -0.15) is 0 Å². The van der Waals surface area contributed by atoms with Crippen LogP contribution < -0.4 is 15.2 Å². The lowest BCUT2D eigenvalue weighted by Gasteiger charge is -2.35. The Kier molecular flexibility index (Phi) is 3.32. The predicted octanol–water partition coefficient (Wildman–Crippen LogP) is 3.50. The highest BCUT2D eigenvalue weighted by Gasteiger charge is 2.33. The molecule has 2 N–H and O–H groups in total. The molecule has 20 heavy (non-hydrogen) atoms. The first-order valence-corrected chi connectivity index (χ1v) is 6.90. The van der Waals surface area contributed by atoms with E-state index in [0.717, 1.165) is 22.6 Å². The van der Waals surface area contributed by atoms with Gasteiger partial charge in [-0.1, -0.05) is 35.9 Å². The third-order valence-electron chi connectivity index (χ3n) is 3.45. The average Bonchev–Trinajstić information content (AvgIpc) is 2.48. The van der Waals surface area contributed by atoms with E-state index in [1.54, 1.807) is 0 Å². The van der Waals surface area contributed by atoms with Crippen LogP contribution in [0.2, 0.25) is 5.02 Å². The molecule has 104 valence electrons. The zero-order chi connectivity index (χ0) is 14.2. The Labute approximate surface area is 123 Å². The van der Waals surface area contributed by atoms with Crippen molar-refractivity contribution in [1.82, 2.24) is 0 Å². The van der Waals surface area contributed by atoms with Crippen LogP contribution in [0.4, 0.5) is 0 Å². The maximum atomic E-state index is 6.10. The van der Waals surface area contributed by atoms with E-state index in [1.165, 1.54) is 0 Å². The average molecular weight is 290 g/mol. The molecule has 2 aromatic rings.